The van der Waals surface area contributed by atoms with Gasteiger partial charge < -0.3 is 4.90 Å². The summed E-state index contributed by atoms with van der Waals surface area (Å²) in [5.41, 5.74) is 2.85. The first-order chi connectivity index (χ1) is 14.1. The summed E-state index contributed by atoms with van der Waals surface area (Å²) in [5, 5.41) is 0. The van der Waals surface area contributed by atoms with Crippen molar-refractivity contribution in [3.05, 3.63) is 115 Å². The maximum atomic E-state index is 13.3. The molecule has 0 saturated heterocycles. The van der Waals surface area contributed by atoms with Crippen molar-refractivity contribution in [2.75, 3.05) is 9.62 Å². The molecular weight excluding hydrogens is 380 g/mol. The molecule has 0 atom stereocenters. The van der Waals surface area contributed by atoms with Crippen molar-refractivity contribution >= 4 is 32.8 Å². The van der Waals surface area contributed by atoms with E-state index in [0.29, 0.717) is 11.4 Å². The molecule has 0 aromatic heterocycles. The number of rotatable bonds is 6. The Balaban J connectivity index is 1.85. The maximum absolute atomic E-state index is 13.3. The number of nitrogens with zero attached hydrogens (tertiary/aromatic N) is 1. The smallest absolute Gasteiger partial charge is 0.263 e. The Bertz CT molecular complexity index is 1140. The van der Waals surface area contributed by atoms with Gasteiger partial charge in [0.2, 0.25) is 0 Å². The minimum Gasteiger partial charge on any atom is -0.309 e. The summed E-state index contributed by atoms with van der Waals surface area (Å²) in [5.74, 6) is 0. The van der Waals surface area contributed by atoms with Crippen molar-refractivity contribution < 1.29 is 8.42 Å². The molecular formula is C24H20N2O2S. The molecule has 0 aliphatic carbocycles. The first-order valence-electron chi connectivity index (χ1n) is 9.22. The summed E-state index contributed by atoms with van der Waals surface area (Å²) in [6.45, 7) is 0. The van der Waals surface area contributed by atoms with Gasteiger partial charge in [0.15, 0.2) is 0 Å². The number of anilines is 4. The van der Waals surface area contributed by atoms with Crippen LogP contribution in [0.4, 0.5) is 22.7 Å². The number of para-hydroxylation sites is 4. The van der Waals surface area contributed by atoms with Crippen LogP contribution in [0.25, 0.3) is 0 Å². The first-order valence-corrected chi connectivity index (χ1v) is 10.7. The minimum atomic E-state index is -3.80. The number of sulfonamides is 1. The van der Waals surface area contributed by atoms with Crippen LogP contribution in [0.15, 0.2) is 120 Å². The Labute approximate surface area is 171 Å². The van der Waals surface area contributed by atoms with Crippen LogP contribution in [0, 0.1) is 0 Å². The predicted octanol–water partition coefficient (Wildman–Crippen LogP) is 5.96. The van der Waals surface area contributed by atoms with Gasteiger partial charge in [0.05, 0.1) is 5.69 Å². The van der Waals surface area contributed by atoms with Gasteiger partial charge in [-0.25, -0.2) is 8.42 Å². The molecule has 4 rings (SSSR count). The fourth-order valence-corrected chi connectivity index (χ4v) is 4.42. The number of hydrogen-bond acceptors (Lipinski definition) is 3. The van der Waals surface area contributed by atoms with Gasteiger partial charge in [0.25, 0.3) is 10.0 Å². The van der Waals surface area contributed by atoms with Gasteiger partial charge >= 0.3 is 0 Å². The third-order valence-electron chi connectivity index (χ3n) is 4.45. The van der Waals surface area contributed by atoms with Crippen LogP contribution in [0.1, 0.15) is 0 Å². The van der Waals surface area contributed by atoms with Crippen LogP contribution in [0.3, 0.4) is 0 Å². The topological polar surface area (TPSA) is 49.4 Å². The lowest BCUT2D eigenvalue weighted by Gasteiger charge is -2.27. The van der Waals surface area contributed by atoms with E-state index >= 15 is 0 Å². The SMILES string of the molecule is O=S(=O)(Nc1ccccc1)c1ccccc1N(c1ccccc1)c1ccccc1. The van der Waals surface area contributed by atoms with Crippen LogP contribution >= 0.6 is 0 Å². The lowest BCUT2D eigenvalue weighted by atomic mass is 10.2. The molecule has 0 spiro atoms. The van der Waals surface area contributed by atoms with Crippen LogP contribution in [-0.2, 0) is 10.0 Å². The van der Waals surface area contributed by atoms with Crippen LogP contribution in [0.2, 0.25) is 0 Å². The van der Waals surface area contributed by atoms with E-state index in [-0.39, 0.29) is 4.90 Å². The summed E-state index contributed by atoms with van der Waals surface area (Å²) < 4.78 is 29.2. The highest BCUT2D eigenvalue weighted by Gasteiger charge is 2.23. The second-order valence-electron chi connectivity index (χ2n) is 6.45. The average Bonchev–Trinajstić information content (AvgIpc) is 2.76. The van der Waals surface area contributed by atoms with Crippen molar-refractivity contribution in [1.82, 2.24) is 0 Å². The van der Waals surface area contributed by atoms with E-state index in [1.54, 1.807) is 36.4 Å². The fraction of sp³-hybridized carbons (Fsp3) is 0. The summed E-state index contributed by atoms with van der Waals surface area (Å²) in [7, 11) is -3.80. The van der Waals surface area contributed by atoms with E-state index < -0.39 is 10.0 Å². The van der Waals surface area contributed by atoms with Crippen molar-refractivity contribution in [3.8, 4) is 0 Å². The monoisotopic (exact) mass is 400 g/mol. The molecule has 4 aromatic carbocycles. The van der Waals surface area contributed by atoms with E-state index in [2.05, 4.69) is 4.72 Å². The Morgan fingerprint density at radius 3 is 1.55 bits per heavy atom. The molecule has 0 bridgehead atoms. The highest BCUT2D eigenvalue weighted by atomic mass is 32.2. The van der Waals surface area contributed by atoms with E-state index in [4.69, 9.17) is 0 Å². The quantitative estimate of drug-likeness (QED) is 0.435. The zero-order chi connectivity index (χ0) is 20.1. The molecule has 144 valence electrons. The second-order valence-corrected chi connectivity index (χ2v) is 8.10. The van der Waals surface area contributed by atoms with Gasteiger partial charge in [-0.05, 0) is 48.5 Å². The summed E-state index contributed by atoms with van der Waals surface area (Å²) >= 11 is 0. The molecule has 29 heavy (non-hydrogen) atoms. The number of hydrogen-bond donors (Lipinski definition) is 1. The average molecular weight is 401 g/mol. The van der Waals surface area contributed by atoms with Gasteiger partial charge in [0, 0.05) is 17.1 Å². The number of benzene rings is 4. The van der Waals surface area contributed by atoms with Crippen LogP contribution in [-0.4, -0.2) is 8.42 Å². The molecule has 4 nitrogen and oxygen atoms in total. The Hall–Kier alpha value is -3.57. The lowest BCUT2D eigenvalue weighted by molar-refractivity contribution is 0.601. The number of nitrogens with one attached hydrogen (secondary N) is 1. The van der Waals surface area contributed by atoms with E-state index in [9.17, 15) is 8.42 Å². The van der Waals surface area contributed by atoms with Crippen molar-refractivity contribution in [2.45, 2.75) is 4.90 Å². The third kappa shape index (κ3) is 4.15. The van der Waals surface area contributed by atoms with E-state index in [0.717, 1.165) is 11.4 Å². The molecule has 0 heterocycles. The molecule has 0 unspecified atom stereocenters. The molecule has 5 heteroatoms. The largest absolute Gasteiger partial charge is 0.309 e. The molecule has 1 N–H and O–H groups in total. The van der Waals surface area contributed by atoms with Crippen LogP contribution < -0.4 is 9.62 Å². The third-order valence-corrected chi connectivity index (χ3v) is 5.88. The maximum Gasteiger partial charge on any atom is 0.263 e. The molecule has 4 aromatic rings. The molecule has 0 fully saturated rings. The molecule has 0 saturated carbocycles. The fourth-order valence-electron chi connectivity index (χ4n) is 3.17. The normalized spacial score (nSPS) is 11.0. The summed E-state index contributed by atoms with van der Waals surface area (Å²) in [6, 6.07) is 35.4. The minimum absolute atomic E-state index is 0.205. The van der Waals surface area contributed by atoms with Gasteiger partial charge in [-0.15, -0.1) is 0 Å². The Kier molecular flexibility index (Phi) is 5.31. The van der Waals surface area contributed by atoms with Crippen molar-refractivity contribution in [1.29, 1.82) is 0 Å². The van der Waals surface area contributed by atoms with Crippen molar-refractivity contribution in [2.24, 2.45) is 0 Å². The molecule has 0 aliphatic heterocycles. The molecule has 0 amide bonds. The second kappa shape index (κ2) is 8.20. The highest BCUT2D eigenvalue weighted by molar-refractivity contribution is 7.92. The first kappa shape index (κ1) is 18.8. The van der Waals surface area contributed by atoms with E-state index in [1.165, 1.54) is 0 Å². The van der Waals surface area contributed by atoms with Gasteiger partial charge in [-0.3, -0.25) is 4.72 Å². The Morgan fingerprint density at radius 1 is 0.552 bits per heavy atom. The van der Waals surface area contributed by atoms with Gasteiger partial charge in [0.1, 0.15) is 4.90 Å². The Morgan fingerprint density at radius 2 is 1.00 bits per heavy atom. The van der Waals surface area contributed by atoms with E-state index in [1.807, 2.05) is 83.8 Å². The predicted molar refractivity (Wildman–Crippen MR) is 118 cm³/mol. The summed E-state index contributed by atoms with van der Waals surface area (Å²) in [4.78, 5) is 2.15. The van der Waals surface area contributed by atoms with Crippen molar-refractivity contribution in [3.63, 3.8) is 0 Å². The highest BCUT2D eigenvalue weighted by Crippen LogP contribution is 2.38. The van der Waals surface area contributed by atoms with Crippen LogP contribution in [0.5, 0.6) is 0 Å². The molecule has 0 radical (unpaired) electrons. The zero-order valence-corrected chi connectivity index (χ0v) is 16.5. The summed E-state index contributed by atoms with van der Waals surface area (Å²) in [6.07, 6.45) is 0. The van der Waals surface area contributed by atoms with Gasteiger partial charge in [-0.1, -0.05) is 66.7 Å². The standard InChI is InChI=1S/C24H20N2O2S/c27-29(28,25-20-12-4-1-5-13-20)24-19-11-10-18-23(24)26(21-14-6-2-7-15-21)22-16-8-3-9-17-22/h1-19,25H. The zero-order valence-electron chi connectivity index (χ0n) is 15.6. The molecule has 0 aliphatic rings. The lowest BCUT2D eigenvalue weighted by Crippen LogP contribution is -2.18. The van der Waals surface area contributed by atoms with Gasteiger partial charge in [-0.2, -0.15) is 0 Å².